The van der Waals surface area contributed by atoms with Gasteiger partial charge in [-0.05, 0) is 31.5 Å². The van der Waals surface area contributed by atoms with E-state index in [1.807, 2.05) is 44.2 Å². The van der Waals surface area contributed by atoms with E-state index in [1.54, 1.807) is 0 Å². The van der Waals surface area contributed by atoms with Gasteiger partial charge in [-0.15, -0.1) is 0 Å². The van der Waals surface area contributed by atoms with E-state index in [9.17, 15) is 4.79 Å². The smallest absolute Gasteiger partial charge is 0.223 e. The standard InChI is InChI=1S/C14H18N2O2/c1-11-4-3-5-13(10-11)18-9-7-14(17)16-12(2)6-8-15/h3-5,10,12H,6-7,9H2,1-2H3,(H,16,17). The second kappa shape index (κ2) is 7.33. The van der Waals surface area contributed by atoms with Crippen LogP contribution in [0.5, 0.6) is 5.75 Å². The first-order valence-corrected chi connectivity index (χ1v) is 5.97. The van der Waals surface area contributed by atoms with Gasteiger partial charge in [0.2, 0.25) is 5.91 Å². The number of aryl methyl sites for hydroxylation is 1. The molecule has 0 aromatic heterocycles. The molecule has 0 aliphatic carbocycles. The Hall–Kier alpha value is -2.02. The van der Waals surface area contributed by atoms with E-state index in [1.165, 1.54) is 0 Å². The molecule has 4 nitrogen and oxygen atoms in total. The average Bonchev–Trinajstić information content (AvgIpc) is 2.29. The largest absolute Gasteiger partial charge is 0.493 e. The maximum Gasteiger partial charge on any atom is 0.223 e. The molecule has 0 spiro atoms. The molecule has 1 N–H and O–H groups in total. The quantitative estimate of drug-likeness (QED) is 0.836. The fourth-order valence-corrected chi connectivity index (χ4v) is 1.50. The molecule has 0 fully saturated rings. The Morgan fingerprint density at radius 1 is 1.56 bits per heavy atom. The number of hydrogen-bond acceptors (Lipinski definition) is 3. The van der Waals surface area contributed by atoms with Crippen LogP contribution >= 0.6 is 0 Å². The molecule has 0 heterocycles. The van der Waals surface area contributed by atoms with Crippen molar-refractivity contribution in [2.24, 2.45) is 0 Å². The minimum atomic E-state index is -0.110. The Morgan fingerprint density at radius 2 is 2.33 bits per heavy atom. The van der Waals surface area contributed by atoms with Crippen LogP contribution in [0, 0.1) is 18.3 Å². The van der Waals surface area contributed by atoms with Crippen LogP contribution in [0.3, 0.4) is 0 Å². The minimum absolute atomic E-state index is 0.0922. The van der Waals surface area contributed by atoms with Crippen molar-refractivity contribution in [3.05, 3.63) is 29.8 Å². The highest BCUT2D eigenvalue weighted by Gasteiger charge is 2.06. The Kier molecular flexibility index (Phi) is 5.72. The highest BCUT2D eigenvalue weighted by atomic mass is 16.5. The first-order chi connectivity index (χ1) is 8.61. The zero-order chi connectivity index (χ0) is 13.4. The van der Waals surface area contributed by atoms with Crippen LogP contribution in [0.25, 0.3) is 0 Å². The van der Waals surface area contributed by atoms with Crippen molar-refractivity contribution < 1.29 is 9.53 Å². The molecular formula is C14H18N2O2. The maximum atomic E-state index is 11.5. The third-order valence-electron chi connectivity index (χ3n) is 2.39. The second-order valence-corrected chi connectivity index (χ2v) is 4.25. The molecule has 0 aliphatic heterocycles. The number of carbonyl (C=O) groups is 1. The molecule has 1 atom stereocenters. The van der Waals surface area contributed by atoms with Crippen LogP contribution in [-0.2, 0) is 4.79 Å². The molecule has 0 bridgehead atoms. The normalized spacial score (nSPS) is 11.4. The molecular weight excluding hydrogens is 228 g/mol. The SMILES string of the molecule is Cc1cccc(OCCC(=O)NC(C)CC#N)c1. The third-order valence-corrected chi connectivity index (χ3v) is 2.39. The Bertz CT molecular complexity index is 438. The minimum Gasteiger partial charge on any atom is -0.493 e. The topological polar surface area (TPSA) is 62.1 Å². The number of amides is 1. The van der Waals surface area contributed by atoms with Gasteiger partial charge in [0.1, 0.15) is 5.75 Å². The summed E-state index contributed by atoms with van der Waals surface area (Å²) in [6, 6.07) is 9.60. The third kappa shape index (κ3) is 5.35. The van der Waals surface area contributed by atoms with Crippen LogP contribution in [0.1, 0.15) is 25.3 Å². The summed E-state index contributed by atoms with van der Waals surface area (Å²) in [5, 5.41) is 11.2. The predicted molar refractivity (Wildman–Crippen MR) is 69.1 cm³/mol. The van der Waals surface area contributed by atoms with Gasteiger partial charge in [0.25, 0.3) is 0 Å². The number of ether oxygens (including phenoxy) is 1. The van der Waals surface area contributed by atoms with Crippen molar-refractivity contribution >= 4 is 5.91 Å². The van der Waals surface area contributed by atoms with Crippen molar-refractivity contribution in [1.29, 1.82) is 5.26 Å². The summed E-state index contributed by atoms with van der Waals surface area (Å²) < 4.78 is 5.47. The molecule has 4 heteroatoms. The first kappa shape index (κ1) is 14.0. The van der Waals surface area contributed by atoms with Gasteiger partial charge in [-0.3, -0.25) is 4.79 Å². The van der Waals surface area contributed by atoms with Crippen molar-refractivity contribution in [3.63, 3.8) is 0 Å². The number of rotatable bonds is 6. The van der Waals surface area contributed by atoms with Crippen molar-refractivity contribution in [2.45, 2.75) is 32.7 Å². The number of nitrogens with one attached hydrogen (secondary N) is 1. The van der Waals surface area contributed by atoms with Crippen molar-refractivity contribution in [2.75, 3.05) is 6.61 Å². The number of carbonyl (C=O) groups excluding carboxylic acids is 1. The number of hydrogen-bond donors (Lipinski definition) is 1. The van der Waals surface area contributed by atoms with Crippen LogP contribution in [0.2, 0.25) is 0 Å². The molecule has 0 radical (unpaired) electrons. The zero-order valence-electron chi connectivity index (χ0n) is 10.8. The van der Waals surface area contributed by atoms with Gasteiger partial charge in [-0.25, -0.2) is 0 Å². The van der Waals surface area contributed by atoms with E-state index in [0.717, 1.165) is 11.3 Å². The van der Waals surface area contributed by atoms with E-state index in [-0.39, 0.29) is 11.9 Å². The van der Waals surface area contributed by atoms with Crippen LogP contribution in [-0.4, -0.2) is 18.6 Å². The first-order valence-electron chi connectivity index (χ1n) is 5.97. The highest BCUT2D eigenvalue weighted by Crippen LogP contribution is 2.12. The Morgan fingerprint density at radius 3 is 3.00 bits per heavy atom. The average molecular weight is 246 g/mol. The van der Waals surface area contributed by atoms with Gasteiger partial charge in [0, 0.05) is 6.04 Å². The van der Waals surface area contributed by atoms with E-state index in [0.29, 0.717) is 19.4 Å². The van der Waals surface area contributed by atoms with Gasteiger partial charge in [-0.1, -0.05) is 12.1 Å². The molecule has 96 valence electrons. The molecule has 0 saturated heterocycles. The predicted octanol–water partition coefficient (Wildman–Crippen LogP) is 2.18. The summed E-state index contributed by atoms with van der Waals surface area (Å²) in [5.41, 5.74) is 1.12. The zero-order valence-corrected chi connectivity index (χ0v) is 10.8. The Balaban J connectivity index is 2.26. The fraction of sp³-hybridized carbons (Fsp3) is 0.429. The molecule has 1 rings (SSSR count). The fourth-order valence-electron chi connectivity index (χ4n) is 1.50. The molecule has 1 aromatic rings. The maximum absolute atomic E-state index is 11.5. The molecule has 0 aliphatic rings. The lowest BCUT2D eigenvalue weighted by Crippen LogP contribution is -2.33. The van der Waals surface area contributed by atoms with Crippen molar-refractivity contribution in [1.82, 2.24) is 5.32 Å². The summed E-state index contributed by atoms with van der Waals surface area (Å²) in [6.45, 7) is 4.14. The van der Waals surface area contributed by atoms with E-state index >= 15 is 0 Å². The van der Waals surface area contributed by atoms with E-state index < -0.39 is 0 Å². The summed E-state index contributed by atoms with van der Waals surface area (Å²) in [6.07, 6.45) is 0.619. The second-order valence-electron chi connectivity index (χ2n) is 4.25. The summed E-state index contributed by atoms with van der Waals surface area (Å²) >= 11 is 0. The van der Waals surface area contributed by atoms with Gasteiger partial charge < -0.3 is 10.1 Å². The summed E-state index contributed by atoms with van der Waals surface area (Å²) in [5.74, 6) is 0.679. The lowest BCUT2D eigenvalue weighted by molar-refractivity contribution is -0.122. The van der Waals surface area contributed by atoms with E-state index in [2.05, 4.69) is 5.32 Å². The molecule has 18 heavy (non-hydrogen) atoms. The lowest BCUT2D eigenvalue weighted by atomic mass is 10.2. The molecule has 1 aromatic carbocycles. The lowest BCUT2D eigenvalue weighted by Gasteiger charge is -2.11. The monoisotopic (exact) mass is 246 g/mol. The van der Waals surface area contributed by atoms with Crippen LogP contribution in [0.4, 0.5) is 0 Å². The summed E-state index contributed by atoms with van der Waals surface area (Å²) in [4.78, 5) is 11.5. The van der Waals surface area contributed by atoms with Crippen LogP contribution < -0.4 is 10.1 Å². The van der Waals surface area contributed by atoms with Gasteiger partial charge in [0.15, 0.2) is 0 Å². The Labute approximate surface area is 108 Å². The molecule has 1 unspecified atom stereocenters. The number of benzene rings is 1. The molecule has 0 saturated carbocycles. The van der Waals surface area contributed by atoms with Crippen LogP contribution in [0.15, 0.2) is 24.3 Å². The van der Waals surface area contributed by atoms with Gasteiger partial charge >= 0.3 is 0 Å². The highest BCUT2D eigenvalue weighted by molar-refractivity contribution is 5.76. The molecule has 1 amide bonds. The van der Waals surface area contributed by atoms with Gasteiger partial charge in [0.05, 0.1) is 25.5 Å². The number of nitrogens with zero attached hydrogens (tertiary/aromatic N) is 1. The van der Waals surface area contributed by atoms with Crippen molar-refractivity contribution in [3.8, 4) is 11.8 Å². The van der Waals surface area contributed by atoms with Gasteiger partial charge in [-0.2, -0.15) is 5.26 Å². The van der Waals surface area contributed by atoms with E-state index in [4.69, 9.17) is 10.00 Å². The number of nitriles is 1. The summed E-state index contributed by atoms with van der Waals surface area (Å²) in [7, 11) is 0.